The molecule has 0 spiro atoms. The molecular formula is C13H22ClN5OS. The fourth-order valence-electron chi connectivity index (χ4n) is 2.81. The van der Waals surface area contributed by atoms with E-state index < -0.39 is 0 Å². The lowest BCUT2D eigenvalue weighted by Gasteiger charge is -2.39. The van der Waals surface area contributed by atoms with Crippen LogP contribution in [0, 0.1) is 6.92 Å². The number of likely N-dealkylation sites (tertiary alicyclic amines) is 1. The molecule has 1 aliphatic heterocycles. The third-order valence-corrected chi connectivity index (χ3v) is 6.15. The summed E-state index contributed by atoms with van der Waals surface area (Å²) in [5.74, 6) is 0.324. The number of halogens is 1. The van der Waals surface area contributed by atoms with Gasteiger partial charge >= 0.3 is 0 Å². The van der Waals surface area contributed by atoms with Gasteiger partial charge in [0.15, 0.2) is 5.84 Å². The van der Waals surface area contributed by atoms with Crippen molar-refractivity contribution in [3.63, 3.8) is 0 Å². The van der Waals surface area contributed by atoms with Gasteiger partial charge in [-0.1, -0.05) is 16.8 Å². The zero-order valence-corrected chi connectivity index (χ0v) is 14.2. The maximum atomic E-state index is 8.97. The van der Waals surface area contributed by atoms with Crippen molar-refractivity contribution in [2.24, 2.45) is 17.9 Å². The summed E-state index contributed by atoms with van der Waals surface area (Å²) in [6.45, 7) is 4.55. The Balaban J connectivity index is 2.04. The monoisotopic (exact) mass is 331 g/mol. The molecule has 6 nitrogen and oxygen atoms in total. The molecule has 3 N–H and O–H groups in total. The number of hydrogen-bond donors (Lipinski definition) is 2. The number of aromatic nitrogens is 2. The summed E-state index contributed by atoms with van der Waals surface area (Å²) in [6, 6.07) is 0. The third-order valence-electron chi connectivity index (χ3n) is 4.28. The molecule has 0 bridgehead atoms. The van der Waals surface area contributed by atoms with Crippen molar-refractivity contribution >= 4 is 29.2 Å². The molecular weight excluding hydrogens is 310 g/mol. The van der Waals surface area contributed by atoms with Gasteiger partial charge in [-0.25, -0.2) is 0 Å². The van der Waals surface area contributed by atoms with E-state index in [2.05, 4.69) is 15.2 Å². The summed E-state index contributed by atoms with van der Waals surface area (Å²) in [5, 5.41) is 17.2. The van der Waals surface area contributed by atoms with Crippen molar-refractivity contribution < 1.29 is 5.21 Å². The maximum absolute atomic E-state index is 8.97. The highest BCUT2D eigenvalue weighted by Crippen LogP contribution is 2.35. The third kappa shape index (κ3) is 3.14. The Morgan fingerprint density at radius 2 is 2.14 bits per heavy atom. The molecule has 0 amide bonds. The van der Waals surface area contributed by atoms with E-state index in [-0.39, 0.29) is 4.75 Å². The fraction of sp³-hybridized carbons (Fsp3) is 0.692. The SMILES string of the molecule is CSC1(C(N)=NO)CCN(Cc2c(C)nn(C)c2Cl)CC1. The molecule has 2 heterocycles. The van der Waals surface area contributed by atoms with Crippen molar-refractivity contribution in [2.45, 2.75) is 31.1 Å². The first-order valence-electron chi connectivity index (χ1n) is 6.87. The largest absolute Gasteiger partial charge is 0.409 e. The van der Waals surface area contributed by atoms with Crippen molar-refractivity contribution in [1.29, 1.82) is 0 Å². The van der Waals surface area contributed by atoms with Crippen LogP contribution < -0.4 is 5.73 Å². The molecule has 8 heteroatoms. The molecule has 21 heavy (non-hydrogen) atoms. The maximum Gasteiger partial charge on any atom is 0.155 e. The van der Waals surface area contributed by atoms with Crippen LogP contribution in [0.1, 0.15) is 24.1 Å². The second kappa shape index (κ2) is 6.46. The Bertz CT molecular complexity index is 537. The van der Waals surface area contributed by atoms with E-state index in [4.69, 9.17) is 22.5 Å². The minimum Gasteiger partial charge on any atom is -0.409 e. The van der Waals surface area contributed by atoms with E-state index in [0.29, 0.717) is 11.0 Å². The zero-order valence-electron chi connectivity index (χ0n) is 12.6. The Hall–Kier alpha value is -0.920. The summed E-state index contributed by atoms with van der Waals surface area (Å²) in [5.41, 5.74) is 7.92. The standard InChI is InChI=1S/C13H22ClN5OS/c1-9-10(11(14)18(2)16-9)8-19-6-4-13(21-3,5-7-19)12(15)17-20/h20H,4-8H2,1-3H3,(H2,15,17). The van der Waals surface area contributed by atoms with Crippen LogP contribution in [0.4, 0.5) is 0 Å². The van der Waals surface area contributed by atoms with Gasteiger partial charge in [-0.05, 0) is 26.0 Å². The van der Waals surface area contributed by atoms with Crippen LogP contribution in [0.15, 0.2) is 5.16 Å². The van der Waals surface area contributed by atoms with Gasteiger partial charge in [-0.15, -0.1) is 0 Å². The van der Waals surface area contributed by atoms with Crippen LogP contribution in [0.2, 0.25) is 5.15 Å². The van der Waals surface area contributed by atoms with E-state index in [1.54, 1.807) is 16.4 Å². The van der Waals surface area contributed by atoms with E-state index in [9.17, 15) is 0 Å². The lowest BCUT2D eigenvalue weighted by Crippen LogP contribution is -2.49. The smallest absolute Gasteiger partial charge is 0.155 e. The summed E-state index contributed by atoms with van der Waals surface area (Å²) in [4.78, 5) is 2.34. The lowest BCUT2D eigenvalue weighted by atomic mass is 9.94. The zero-order chi connectivity index (χ0) is 15.6. The number of amidine groups is 1. The Morgan fingerprint density at radius 3 is 2.57 bits per heavy atom. The molecule has 1 aromatic rings. The average Bonchev–Trinajstić information content (AvgIpc) is 2.74. The van der Waals surface area contributed by atoms with Gasteiger partial charge in [0.25, 0.3) is 0 Å². The molecule has 0 radical (unpaired) electrons. The molecule has 118 valence electrons. The normalized spacial score (nSPS) is 19.9. The van der Waals surface area contributed by atoms with E-state index in [1.807, 2.05) is 20.2 Å². The summed E-state index contributed by atoms with van der Waals surface area (Å²) >= 11 is 7.95. The van der Waals surface area contributed by atoms with Gasteiger partial charge in [0.05, 0.1) is 10.4 Å². The predicted octanol–water partition coefficient (Wildman–Crippen LogP) is 1.83. The van der Waals surface area contributed by atoms with E-state index in [0.717, 1.165) is 43.7 Å². The van der Waals surface area contributed by atoms with Crippen molar-refractivity contribution in [1.82, 2.24) is 14.7 Å². The van der Waals surface area contributed by atoms with Gasteiger partial charge in [0.2, 0.25) is 0 Å². The van der Waals surface area contributed by atoms with Crippen LogP contribution in [-0.2, 0) is 13.6 Å². The Labute approximate surface area is 134 Å². The highest BCUT2D eigenvalue weighted by Gasteiger charge is 2.38. The quantitative estimate of drug-likeness (QED) is 0.381. The predicted molar refractivity (Wildman–Crippen MR) is 87.1 cm³/mol. The molecule has 1 aromatic heterocycles. The number of hydrogen-bond acceptors (Lipinski definition) is 5. The molecule has 0 aliphatic carbocycles. The first-order valence-corrected chi connectivity index (χ1v) is 8.47. The first-order chi connectivity index (χ1) is 9.93. The fourth-order valence-corrected chi connectivity index (χ4v) is 3.88. The van der Waals surface area contributed by atoms with Gasteiger partial charge in [0.1, 0.15) is 5.15 Å². The number of aryl methyl sites for hydroxylation is 2. The molecule has 0 atom stereocenters. The Kier molecular flexibility index (Phi) is 5.06. The molecule has 1 aliphatic rings. The summed E-state index contributed by atoms with van der Waals surface area (Å²) in [6.07, 6.45) is 3.73. The average molecular weight is 332 g/mol. The van der Waals surface area contributed by atoms with Crippen LogP contribution in [0.25, 0.3) is 0 Å². The summed E-state index contributed by atoms with van der Waals surface area (Å²) < 4.78 is 1.46. The van der Waals surface area contributed by atoms with Gasteiger partial charge in [-0.3, -0.25) is 9.58 Å². The number of piperidine rings is 1. The number of thioether (sulfide) groups is 1. The minimum atomic E-state index is -0.251. The van der Waals surface area contributed by atoms with E-state index >= 15 is 0 Å². The van der Waals surface area contributed by atoms with Crippen LogP contribution >= 0.6 is 23.4 Å². The van der Waals surface area contributed by atoms with Crippen molar-refractivity contribution in [3.05, 3.63) is 16.4 Å². The highest BCUT2D eigenvalue weighted by atomic mass is 35.5. The van der Waals surface area contributed by atoms with Gasteiger partial charge in [0, 0.05) is 32.2 Å². The van der Waals surface area contributed by atoms with E-state index in [1.165, 1.54) is 0 Å². The molecule has 0 saturated carbocycles. The second-order valence-electron chi connectivity index (χ2n) is 5.44. The molecule has 0 unspecified atom stereocenters. The number of rotatable bonds is 4. The van der Waals surface area contributed by atoms with Gasteiger partial charge < -0.3 is 10.9 Å². The molecule has 1 saturated heterocycles. The van der Waals surface area contributed by atoms with Crippen molar-refractivity contribution in [2.75, 3.05) is 19.3 Å². The molecule has 2 rings (SSSR count). The van der Waals surface area contributed by atoms with Crippen LogP contribution in [0.3, 0.4) is 0 Å². The van der Waals surface area contributed by atoms with Crippen LogP contribution in [0.5, 0.6) is 0 Å². The van der Waals surface area contributed by atoms with Crippen LogP contribution in [-0.4, -0.2) is 49.8 Å². The molecule has 0 aromatic carbocycles. The summed E-state index contributed by atoms with van der Waals surface area (Å²) in [7, 11) is 1.85. The Morgan fingerprint density at radius 1 is 1.52 bits per heavy atom. The first kappa shape index (κ1) is 16.5. The number of oxime groups is 1. The second-order valence-corrected chi connectivity index (χ2v) is 6.99. The highest BCUT2D eigenvalue weighted by molar-refractivity contribution is 8.00. The topological polar surface area (TPSA) is 79.7 Å². The number of nitrogens with zero attached hydrogens (tertiary/aromatic N) is 4. The lowest BCUT2D eigenvalue weighted by molar-refractivity contribution is 0.209. The molecule has 1 fully saturated rings. The number of nitrogens with two attached hydrogens (primary N) is 1. The minimum absolute atomic E-state index is 0.251. The van der Waals surface area contributed by atoms with Gasteiger partial charge in [-0.2, -0.15) is 16.9 Å². The van der Waals surface area contributed by atoms with Crippen molar-refractivity contribution in [3.8, 4) is 0 Å².